The van der Waals surface area contributed by atoms with Crippen LogP contribution >= 0.6 is 12.4 Å². The van der Waals surface area contributed by atoms with Crippen LogP contribution in [0.4, 0.5) is 0 Å². The number of piperidine rings is 1. The number of rotatable bonds is 4. The van der Waals surface area contributed by atoms with Crippen molar-refractivity contribution in [1.82, 2.24) is 4.90 Å². The highest BCUT2D eigenvalue weighted by atomic mass is 35.5. The number of likely N-dealkylation sites (tertiary alicyclic amines) is 1. The van der Waals surface area contributed by atoms with Gasteiger partial charge in [-0.2, -0.15) is 0 Å². The highest BCUT2D eigenvalue weighted by molar-refractivity contribution is 5.85. The highest BCUT2D eigenvalue weighted by Gasteiger charge is 2.39. The van der Waals surface area contributed by atoms with Crippen LogP contribution in [0.5, 0.6) is 5.75 Å². The molecule has 3 nitrogen and oxygen atoms in total. The van der Waals surface area contributed by atoms with Crippen LogP contribution in [-0.4, -0.2) is 37.3 Å². The number of para-hydroxylation sites is 1. The lowest BCUT2D eigenvalue weighted by atomic mass is 9.90. The molecule has 4 rings (SSSR count). The van der Waals surface area contributed by atoms with Gasteiger partial charge in [0.05, 0.1) is 13.7 Å². The Balaban J connectivity index is 0.00000196. The van der Waals surface area contributed by atoms with Gasteiger partial charge in [-0.25, -0.2) is 0 Å². The zero-order chi connectivity index (χ0) is 17.1. The van der Waals surface area contributed by atoms with Crippen molar-refractivity contribution in [2.75, 3.05) is 26.8 Å². The lowest BCUT2D eigenvalue weighted by Crippen LogP contribution is -2.46. The Morgan fingerprint density at radius 3 is 2.65 bits per heavy atom. The molecular formula is C22H26ClNO2. The van der Waals surface area contributed by atoms with Crippen LogP contribution in [0.1, 0.15) is 24.0 Å². The lowest BCUT2D eigenvalue weighted by Gasteiger charge is -2.38. The number of ether oxygens (including phenoxy) is 2. The van der Waals surface area contributed by atoms with Crippen molar-refractivity contribution in [2.45, 2.75) is 25.0 Å². The number of nitrogens with zero attached hydrogens (tertiary/aromatic N) is 1. The number of methoxy groups -OCH3 is 1. The molecule has 0 saturated carbocycles. The minimum Gasteiger partial charge on any atom is -0.496 e. The van der Waals surface area contributed by atoms with Crippen molar-refractivity contribution < 1.29 is 9.47 Å². The zero-order valence-corrected chi connectivity index (χ0v) is 16.0. The van der Waals surface area contributed by atoms with Crippen LogP contribution in [0.2, 0.25) is 0 Å². The van der Waals surface area contributed by atoms with Crippen molar-refractivity contribution in [3.05, 3.63) is 71.8 Å². The van der Waals surface area contributed by atoms with Gasteiger partial charge in [0.2, 0.25) is 0 Å². The molecule has 2 aromatic rings. The van der Waals surface area contributed by atoms with Gasteiger partial charge in [-0.1, -0.05) is 48.5 Å². The molecule has 2 heterocycles. The highest BCUT2D eigenvalue weighted by Crippen LogP contribution is 2.38. The summed E-state index contributed by atoms with van der Waals surface area (Å²) in [5, 5.41) is 0. The second-order valence-corrected chi connectivity index (χ2v) is 7.02. The molecule has 26 heavy (non-hydrogen) atoms. The molecule has 1 atom stereocenters. The fourth-order valence-corrected chi connectivity index (χ4v) is 4.04. The van der Waals surface area contributed by atoms with Gasteiger partial charge in [0, 0.05) is 18.7 Å². The van der Waals surface area contributed by atoms with E-state index in [2.05, 4.69) is 53.4 Å². The first kappa shape index (κ1) is 19.0. The van der Waals surface area contributed by atoms with Crippen molar-refractivity contribution >= 4 is 18.0 Å². The Morgan fingerprint density at radius 1 is 1.08 bits per heavy atom. The Hall–Kier alpha value is -1.81. The number of hydrogen-bond donors (Lipinski definition) is 0. The minimum atomic E-state index is -0.150. The maximum Gasteiger partial charge on any atom is 0.126 e. The number of benzene rings is 2. The van der Waals surface area contributed by atoms with Crippen molar-refractivity contribution in [1.29, 1.82) is 0 Å². The predicted molar refractivity (Wildman–Crippen MR) is 108 cm³/mol. The van der Waals surface area contributed by atoms with Crippen molar-refractivity contribution in [3.8, 4) is 5.75 Å². The van der Waals surface area contributed by atoms with Gasteiger partial charge in [0.15, 0.2) is 0 Å². The average Bonchev–Trinajstić information content (AvgIpc) is 3.05. The van der Waals surface area contributed by atoms with E-state index in [9.17, 15) is 0 Å². The summed E-state index contributed by atoms with van der Waals surface area (Å²) in [4.78, 5) is 2.51. The van der Waals surface area contributed by atoms with E-state index in [1.807, 2.05) is 12.1 Å². The Morgan fingerprint density at radius 2 is 1.85 bits per heavy atom. The molecule has 4 heteroatoms. The van der Waals surface area contributed by atoms with Gasteiger partial charge >= 0.3 is 0 Å². The molecule has 2 aliphatic rings. The van der Waals surface area contributed by atoms with Crippen LogP contribution in [0.25, 0.3) is 5.57 Å². The van der Waals surface area contributed by atoms with Crippen LogP contribution in [0.3, 0.4) is 0 Å². The van der Waals surface area contributed by atoms with Gasteiger partial charge in [-0.3, -0.25) is 4.90 Å². The summed E-state index contributed by atoms with van der Waals surface area (Å²) in [5.41, 5.74) is 3.62. The maximum atomic E-state index is 6.33. The summed E-state index contributed by atoms with van der Waals surface area (Å²) in [6, 6.07) is 18.9. The summed E-state index contributed by atoms with van der Waals surface area (Å²) in [6.45, 7) is 3.75. The largest absolute Gasteiger partial charge is 0.496 e. The Labute approximate surface area is 162 Å². The van der Waals surface area contributed by atoms with Crippen LogP contribution in [0, 0.1) is 0 Å². The third-order valence-corrected chi connectivity index (χ3v) is 5.22. The molecule has 0 aromatic heterocycles. The topological polar surface area (TPSA) is 21.7 Å². The predicted octanol–water partition coefficient (Wildman–Crippen LogP) is 4.57. The normalized spacial score (nSPS) is 22.7. The smallest absolute Gasteiger partial charge is 0.126 e. The molecule has 2 aromatic carbocycles. The van der Waals surface area contributed by atoms with Gasteiger partial charge in [-0.05, 0) is 42.7 Å². The number of hydrogen-bond acceptors (Lipinski definition) is 3. The van der Waals surface area contributed by atoms with E-state index < -0.39 is 0 Å². The first-order valence-electron chi connectivity index (χ1n) is 9.03. The van der Waals surface area contributed by atoms with Crippen molar-refractivity contribution in [3.63, 3.8) is 0 Å². The third kappa shape index (κ3) is 3.96. The van der Waals surface area contributed by atoms with Crippen LogP contribution in [0.15, 0.2) is 60.7 Å². The monoisotopic (exact) mass is 371 g/mol. The van der Waals surface area contributed by atoms with E-state index in [1.54, 1.807) is 7.11 Å². The lowest BCUT2D eigenvalue weighted by molar-refractivity contribution is -0.0328. The van der Waals surface area contributed by atoms with Crippen LogP contribution < -0.4 is 4.74 Å². The SMILES string of the molecule is COc1ccccc1C1=CC2(CCCN(Cc3ccccc3)C2)OC1.Cl. The first-order valence-corrected chi connectivity index (χ1v) is 9.03. The molecule has 138 valence electrons. The fraction of sp³-hybridized carbons (Fsp3) is 0.364. The molecule has 0 N–H and O–H groups in total. The summed E-state index contributed by atoms with van der Waals surface area (Å²) < 4.78 is 11.9. The third-order valence-electron chi connectivity index (χ3n) is 5.22. The molecule has 0 radical (unpaired) electrons. The first-order chi connectivity index (χ1) is 12.3. The van der Waals surface area contributed by atoms with Gasteiger partial charge in [0.25, 0.3) is 0 Å². The molecule has 1 fully saturated rings. The molecule has 1 unspecified atom stereocenters. The van der Waals surface area contributed by atoms with E-state index in [1.165, 1.54) is 17.6 Å². The molecule has 1 spiro atoms. The standard InChI is InChI=1S/C22H25NO2.ClH/c1-24-21-11-6-5-10-20(21)19-14-22(25-16-19)12-7-13-23(17-22)15-18-8-3-2-4-9-18;/h2-6,8-11,14H,7,12-13,15-17H2,1H3;1H. The quantitative estimate of drug-likeness (QED) is 0.786. The second-order valence-electron chi connectivity index (χ2n) is 7.02. The zero-order valence-electron chi connectivity index (χ0n) is 15.2. The molecule has 0 amide bonds. The molecule has 2 aliphatic heterocycles. The van der Waals surface area contributed by atoms with E-state index in [4.69, 9.17) is 9.47 Å². The average molecular weight is 372 g/mol. The second kappa shape index (κ2) is 8.26. The number of halogens is 1. The van der Waals surface area contributed by atoms with E-state index in [0.717, 1.165) is 37.4 Å². The van der Waals surface area contributed by atoms with Crippen LogP contribution in [-0.2, 0) is 11.3 Å². The molecule has 0 bridgehead atoms. The fourth-order valence-electron chi connectivity index (χ4n) is 4.04. The van der Waals surface area contributed by atoms with Gasteiger partial charge in [0.1, 0.15) is 11.4 Å². The molecular weight excluding hydrogens is 346 g/mol. The van der Waals surface area contributed by atoms with Crippen molar-refractivity contribution in [2.24, 2.45) is 0 Å². The Bertz CT molecular complexity index is 762. The summed E-state index contributed by atoms with van der Waals surface area (Å²) in [5.74, 6) is 0.923. The van der Waals surface area contributed by atoms with Gasteiger partial charge < -0.3 is 9.47 Å². The minimum absolute atomic E-state index is 0. The van der Waals surface area contributed by atoms with E-state index >= 15 is 0 Å². The maximum absolute atomic E-state index is 6.33. The van der Waals surface area contributed by atoms with E-state index in [0.29, 0.717) is 6.61 Å². The molecule has 0 aliphatic carbocycles. The summed E-state index contributed by atoms with van der Waals surface area (Å²) in [7, 11) is 1.73. The van der Waals surface area contributed by atoms with E-state index in [-0.39, 0.29) is 18.0 Å². The Kier molecular flexibility index (Phi) is 6.02. The van der Waals surface area contributed by atoms with Gasteiger partial charge in [-0.15, -0.1) is 12.4 Å². The summed E-state index contributed by atoms with van der Waals surface area (Å²) >= 11 is 0. The summed E-state index contributed by atoms with van der Waals surface area (Å²) in [6.07, 6.45) is 4.61. The molecule has 1 saturated heterocycles.